The second kappa shape index (κ2) is 8.78. The van der Waals surface area contributed by atoms with E-state index in [1.165, 1.54) is 11.8 Å². The number of para-hydroxylation sites is 2. The fourth-order valence-corrected chi connectivity index (χ4v) is 3.43. The lowest BCUT2D eigenvalue weighted by atomic mass is 10.2. The molecule has 28 heavy (non-hydrogen) atoms. The van der Waals surface area contributed by atoms with Crippen LogP contribution in [0.2, 0.25) is 0 Å². The summed E-state index contributed by atoms with van der Waals surface area (Å²) >= 11 is 0. The molecule has 0 radical (unpaired) electrons. The molecule has 2 amide bonds. The van der Waals surface area contributed by atoms with Crippen molar-refractivity contribution >= 4 is 23.2 Å². The smallest absolute Gasteiger partial charge is 0.242 e. The molecule has 0 N–H and O–H groups in total. The van der Waals surface area contributed by atoms with Crippen molar-refractivity contribution < 1.29 is 14.3 Å². The molecule has 0 atom stereocenters. The number of methoxy groups -OCH3 is 1. The van der Waals surface area contributed by atoms with Crippen LogP contribution in [-0.2, 0) is 9.59 Å². The Bertz CT molecular complexity index is 827. The quantitative estimate of drug-likeness (QED) is 0.799. The predicted octanol–water partition coefficient (Wildman–Crippen LogP) is 2.71. The normalized spacial score (nSPS) is 14.0. The first-order valence-electron chi connectivity index (χ1n) is 9.50. The summed E-state index contributed by atoms with van der Waals surface area (Å²) in [5.41, 5.74) is 2.91. The second-order valence-electron chi connectivity index (χ2n) is 6.98. The number of hydrogen-bond donors (Lipinski definition) is 0. The lowest BCUT2D eigenvalue weighted by Crippen LogP contribution is -2.52. The Kier molecular flexibility index (Phi) is 6.19. The van der Waals surface area contributed by atoms with Crippen LogP contribution in [0.15, 0.2) is 48.5 Å². The minimum absolute atomic E-state index is 0.0320. The molecule has 2 aromatic rings. The van der Waals surface area contributed by atoms with Gasteiger partial charge in [0.2, 0.25) is 11.8 Å². The van der Waals surface area contributed by atoms with Crippen LogP contribution < -0.4 is 14.5 Å². The summed E-state index contributed by atoms with van der Waals surface area (Å²) in [4.78, 5) is 30.5. The van der Waals surface area contributed by atoms with Gasteiger partial charge in [-0.15, -0.1) is 0 Å². The molecule has 1 fully saturated rings. The highest BCUT2D eigenvalue weighted by Crippen LogP contribution is 2.28. The van der Waals surface area contributed by atoms with E-state index in [0.29, 0.717) is 13.1 Å². The third-order valence-corrected chi connectivity index (χ3v) is 5.08. The first-order chi connectivity index (χ1) is 13.5. The summed E-state index contributed by atoms with van der Waals surface area (Å²) < 4.78 is 5.44. The van der Waals surface area contributed by atoms with E-state index in [9.17, 15) is 9.59 Å². The number of anilines is 2. The molecule has 1 aliphatic rings. The Labute approximate surface area is 166 Å². The van der Waals surface area contributed by atoms with Crippen molar-refractivity contribution in [1.29, 1.82) is 0 Å². The number of rotatable bonds is 5. The molecule has 6 heteroatoms. The molecule has 1 heterocycles. The summed E-state index contributed by atoms with van der Waals surface area (Å²) in [7, 11) is 1.67. The van der Waals surface area contributed by atoms with Crippen LogP contribution in [0, 0.1) is 6.92 Å². The van der Waals surface area contributed by atoms with E-state index in [1.807, 2.05) is 60.4 Å². The lowest BCUT2D eigenvalue weighted by molar-refractivity contribution is -0.131. The zero-order valence-corrected chi connectivity index (χ0v) is 16.7. The molecule has 0 saturated carbocycles. The molecule has 148 valence electrons. The highest BCUT2D eigenvalue weighted by Gasteiger charge is 2.25. The summed E-state index contributed by atoms with van der Waals surface area (Å²) in [6, 6.07) is 15.6. The van der Waals surface area contributed by atoms with Gasteiger partial charge in [0, 0.05) is 38.8 Å². The van der Waals surface area contributed by atoms with Crippen LogP contribution in [0.5, 0.6) is 5.75 Å². The van der Waals surface area contributed by atoms with Gasteiger partial charge < -0.3 is 19.4 Å². The fraction of sp³-hybridized carbons (Fsp3) is 0.364. The molecule has 0 aliphatic carbocycles. The standard InChI is InChI=1S/C22H27N3O3/c1-17-8-10-19(11-9-17)25(18(2)26)16-22(27)24-14-12-23(13-15-24)20-6-4-5-7-21(20)28-3/h4-11H,12-16H2,1-3H3. The fourth-order valence-electron chi connectivity index (χ4n) is 3.43. The van der Waals surface area contributed by atoms with Gasteiger partial charge in [0.1, 0.15) is 12.3 Å². The zero-order valence-electron chi connectivity index (χ0n) is 16.7. The Morgan fingerprint density at radius 3 is 2.25 bits per heavy atom. The van der Waals surface area contributed by atoms with Crippen LogP contribution >= 0.6 is 0 Å². The molecule has 0 bridgehead atoms. The third kappa shape index (κ3) is 4.44. The van der Waals surface area contributed by atoms with Gasteiger partial charge >= 0.3 is 0 Å². The number of piperazine rings is 1. The third-order valence-electron chi connectivity index (χ3n) is 5.08. The van der Waals surface area contributed by atoms with Gasteiger partial charge in [0.25, 0.3) is 0 Å². The first-order valence-corrected chi connectivity index (χ1v) is 9.50. The lowest BCUT2D eigenvalue weighted by Gasteiger charge is -2.37. The van der Waals surface area contributed by atoms with E-state index in [4.69, 9.17) is 4.74 Å². The number of carbonyl (C=O) groups is 2. The largest absolute Gasteiger partial charge is 0.495 e. The molecule has 2 aromatic carbocycles. The summed E-state index contributed by atoms with van der Waals surface area (Å²) in [5.74, 6) is 0.671. The highest BCUT2D eigenvalue weighted by atomic mass is 16.5. The molecule has 1 saturated heterocycles. The van der Waals surface area contributed by atoms with E-state index in [0.717, 1.165) is 35.8 Å². The Morgan fingerprint density at radius 1 is 1.00 bits per heavy atom. The molecule has 0 unspecified atom stereocenters. The Hall–Kier alpha value is -3.02. The van der Waals surface area contributed by atoms with Crippen LogP contribution in [0.3, 0.4) is 0 Å². The maximum absolute atomic E-state index is 12.8. The van der Waals surface area contributed by atoms with Gasteiger partial charge in [-0.1, -0.05) is 29.8 Å². The number of benzene rings is 2. The van der Waals surface area contributed by atoms with E-state index < -0.39 is 0 Å². The predicted molar refractivity (Wildman–Crippen MR) is 111 cm³/mol. The number of hydrogen-bond acceptors (Lipinski definition) is 4. The van der Waals surface area contributed by atoms with Crippen LogP contribution in [-0.4, -0.2) is 56.5 Å². The van der Waals surface area contributed by atoms with Gasteiger partial charge in [0.05, 0.1) is 12.8 Å². The molecule has 1 aliphatic heterocycles. The van der Waals surface area contributed by atoms with Gasteiger partial charge in [-0.3, -0.25) is 9.59 Å². The minimum atomic E-state index is -0.134. The number of nitrogens with zero attached hydrogens (tertiary/aromatic N) is 3. The monoisotopic (exact) mass is 381 g/mol. The van der Waals surface area contributed by atoms with Crippen molar-refractivity contribution in [3.8, 4) is 5.75 Å². The van der Waals surface area contributed by atoms with Crippen molar-refractivity contribution in [3.63, 3.8) is 0 Å². The zero-order chi connectivity index (χ0) is 20.1. The van der Waals surface area contributed by atoms with E-state index in [2.05, 4.69) is 4.90 Å². The topological polar surface area (TPSA) is 53.1 Å². The molecule has 0 aromatic heterocycles. The molecule has 3 rings (SSSR count). The summed E-state index contributed by atoms with van der Waals surface area (Å²) in [6.45, 7) is 6.26. The highest BCUT2D eigenvalue weighted by molar-refractivity contribution is 5.97. The minimum Gasteiger partial charge on any atom is -0.495 e. The summed E-state index contributed by atoms with van der Waals surface area (Å²) in [5, 5.41) is 0. The maximum atomic E-state index is 12.8. The average molecular weight is 381 g/mol. The van der Waals surface area contributed by atoms with Gasteiger partial charge in [-0.05, 0) is 31.2 Å². The van der Waals surface area contributed by atoms with Crippen molar-refractivity contribution in [2.24, 2.45) is 0 Å². The first kappa shape index (κ1) is 19.7. The number of aryl methyl sites for hydroxylation is 1. The van der Waals surface area contributed by atoms with Gasteiger partial charge in [0.15, 0.2) is 0 Å². The van der Waals surface area contributed by atoms with E-state index >= 15 is 0 Å². The Morgan fingerprint density at radius 2 is 1.64 bits per heavy atom. The SMILES string of the molecule is COc1ccccc1N1CCN(C(=O)CN(C(C)=O)c2ccc(C)cc2)CC1. The molecule has 6 nitrogen and oxygen atoms in total. The van der Waals surface area contributed by atoms with Crippen LogP contribution in [0.4, 0.5) is 11.4 Å². The number of amides is 2. The van der Waals surface area contributed by atoms with Crippen molar-refractivity contribution in [3.05, 3.63) is 54.1 Å². The van der Waals surface area contributed by atoms with Crippen molar-refractivity contribution in [2.75, 3.05) is 49.6 Å². The molecule has 0 spiro atoms. The molecular weight excluding hydrogens is 354 g/mol. The second-order valence-corrected chi connectivity index (χ2v) is 6.98. The van der Waals surface area contributed by atoms with Crippen LogP contribution in [0.1, 0.15) is 12.5 Å². The summed E-state index contributed by atoms with van der Waals surface area (Å²) in [6.07, 6.45) is 0. The Balaban J connectivity index is 1.62. The van der Waals surface area contributed by atoms with Crippen molar-refractivity contribution in [1.82, 2.24) is 4.90 Å². The van der Waals surface area contributed by atoms with Crippen molar-refractivity contribution in [2.45, 2.75) is 13.8 Å². The van der Waals surface area contributed by atoms with Gasteiger partial charge in [-0.25, -0.2) is 0 Å². The number of ether oxygens (including phenoxy) is 1. The van der Waals surface area contributed by atoms with Gasteiger partial charge in [-0.2, -0.15) is 0 Å². The van der Waals surface area contributed by atoms with E-state index in [-0.39, 0.29) is 18.4 Å². The van der Waals surface area contributed by atoms with E-state index in [1.54, 1.807) is 7.11 Å². The molecular formula is C22H27N3O3. The average Bonchev–Trinajstić information content (AvgIpc) is 2.72. The van der Waals surface area contributed by atoms with Crippen LogP contribution in [0.25, 0.3) is 0 Å². The maximum Gasteiger partial charge on any atom is 0.242 e. The number of carbonyl (C=O) groups excluding carboxylic acids is 2.